The van der Waals surface area contributed by atoms with Gasteiger partial charge in [-0.2, -0.15) is 8.78 Å². The van der Waals surface area contributed by atoms with Crippen molar-refractivity contribution < 1.29 is 13.6 Å². The molecule has 3 heterocycles. The molecule has 0 radical (unpaired) electrons. The Labute approximate surface area is 154 Å². The van der Waals surface area contributed by atoms with E-state index in [0.717, 1.165) is 54.8 Å². The summed E-state index contributed by atoms with van der Waals surface area (Å²) < 4.78 is 25.0. The zero-order chi connectivity index (χ0) is 18.3. The van der Waals surface area contributed by atoms with Gasteiger partial charge in [-0.3, -0.25) is 4.79 Å². The molecule has 3 unspecified atom stereocenters. The summed E-state index contributed by atoms with van der Waals surface area (Å²) in [6.45, 7) is 3.93. The first kappa shape index (κ1) is 17.6. The maximum absolute atomic E-state index is 12.5. The molecular formula is C18H22F2N4OS. The van der Waals surface area contributed by atoms with Crippen LogP contribution in [0.1, 0.15) is 31.1 Å². The molecule has 2 fully saturated rings. The number of fused-ring (bicyclic) bond motifs is 2. The minimum Gasteiger partial charge on any atom is -0.355 e. The molecule has 1 N–H and O–H groups in total. The number of nitrogens with zero attached hydrogens (tertiary/aromatic N) is 3. The maximum Gasteiger partial charge on any atom is 0.315 e. The number of nitrogens with one attached hydrogen (secondary N) is 1. The summed E-state index contributed by atoms with van der Waals surface area (Å²) in [5, 5.41) is 3.60. The molecule has 8 heteroatoms. The van der Waals surface area contributed by atoms with E-state index in [0.29, 0.717) is 11.8 Å². The van der Waals surface area contributed by atoms with Crippen molar-refractivity contribution in [2.45, 2.75) is 45.1 Å². The zero-order valence-corrected chi connectivity index (χ0v) is 15.4. The lowest BCUT2D eigenvalue weighted by atomic mass is 9.79. The number of carbonyl (C=O) groups is 1. The third kappa shape index (κ3) is 3.26. The quantitative estimate of drug-likeness (QED) is 0.885. The van der Waals surface area contributed by atoms with Crippen LogP contribution in [0.15, 0.2) is 12.4 Å². The van der Waals surface area contributed by atoms with Crippen LogP contribution in [0.3, 0.4) is 0 Å². The molecule has 0 aromatic carbocycles. The maximum atomic E-state index is 12.5. The van der Waals surface area contributed by atoms with Crippen LogP contribution in [-0.2, 0) is 11.2 Å². The van der Waals surface area contributed by atoms with Crippen LogP contribution in [-0.4, -0.2) is 41.4 Å². The highest BCUT2D eigenvalue weighted by Gasteiger charge is 2.39. The fraction of sp³-hybridized carbons (Fsp3) is 0.611. The number of anilines is 1. The van der Waals surface area contributed by atoms with Crippen LogP contribution in [0.2, 0.25) is 0 Å². The zero-order valence-electron chi connectivity index (χ0n) is 14.6. The van der Waals surface area contributed by atoms with Gasteiger partial charge in [0.1, 0.15) is 17.0 Å². The molecule has 1 saturated heterocycles. The standard InChI is InChI=1S/C18H22F2N4OS/c1-2-13-6-14-16(21-9-22-18(14)26-13)24-7-10-3-4-12(5-11(10)8-24)23-17(25)15(19)20/h6,9-12,15H,2-5,7-8H2,1H3,(H,23,25). The lowest BCUT2D eigenvalue weighted by Crippen LogP contribution is -2.43. The second kappa shape index (κ2) is 7.06. The van der Waals surface area contributed by atoms with Crippen LogP contribution in [0.5, 0.6) is 0 Å². The molecule has 1 aliphatic carbocycles. The topological polar surface area (TPSA) is 58.1 Å². The number of aryl methyl sites for hydroxylation is 1. The molecule has 140 valence electrons. The van der Waals surface area contributed by atoms with Gasteiger partial charge in [0.25, 0.3) is 5.91 Å². The van der Waals surface area contributed by atoms with Gasteiger partial charge in [0, 0.05) is 24.0 Å². The molecule has 1 amide bonds. The van der Waals surface area contributed by atoms with Crippen molar-refractivity contribution in [3.05, 3.63) is 17.3 Å². The molecule has 2 aromatic heterocycles. The number of halogens is 2. The Kier molecular flexibility index (Phi) is 4.77. The number of hydrogen-bond donors (Lipinski definition) is 1. The lowest BCUT2D eigenvalue weighted by Gasteiger charge is -2.31. The number of hydrogen-bond acceptors (Lipinski definition) is 5. The van der Waals surface area contributed by atoms with E-state index in [9.17, 15) is 13.6 Å². The molecule has 5 nitrogen and oxygen atoms in total. The highest BCUT2D eigenvalue weighted by atomic mass is 32.1. The van der Waals surface area contributed by atoms with E-state index in [4.69, 9.17) is 0 Å². The Hall–Kier alpha value is -1.83. The third-order valence-corrected chi connectivity index (χ3v) is 6.79. The molecular weight excluding hydrogens is 358 g/mol. The summed E-state index contributed by atoms with van der Waals surface area (Å²) in [5.74, 6) is 0.768. The van der Waals surface area contributed by atoms with Gasteiger partial charge < -0.3 is 10.2 Å². The summed E-state index contributed by atoms with van der Waals surface area (Å²) in [5.41, 5.74) is 0. The SMILES string of the molecule is CCc1cc2c(N3CC4CCC(NC(=O)C(F)F)CC4C3)ncnc2s1. The van der Waals surface area contributed by atoms with Crippen LogP contribution < -0.4 is 10.2 Å². The fourth-order valence-corrected chi connectivity index (χ4v) is 5.25. The van der Waals surface area contributed by atoms with Crippen molar-refractivity contribution in [2.75, 3.05) is 18.0 Å². The molecule has 4 rings (SSSR count). The van der Waals surface area contributed by atoms with E-state index >= 15 is 0 Å². The fourth-order valence-electron chi connectivity index (χ4n) is 4.32. The Bertz CT molecular complexity index is 812. The number of carbonyl (C=O) groups excluding carboxylic acids is 1. The highest BCUT2D eigenvalue weighted by molar-refractivity contribution is 7.18. The normalized spacial score (nSPS) is 25.7. The predicted molar refractivity (Wildman–Crippen MR) is 97.8 cm³/mol. The molecule has 2 aromatic rings. The second-order valence-electron chi connectivity index (χ2n) is 7.23. The number of thiophene rings is 1. The minimum absolute atomic E-state index is 0.143. The summed E-state index contributed by atoms with van der Waals surface area (Å²) in [6.07, 6.45) is 2.16. The van der Waals surface area contributed by atoms with Gasteiger partial charge in [-0.1, -0.05) is 6.92 Å². The van der Waals surface area contributed by atoms with Gasteiger partial charge in [0.05, 0.1) is 5.39 Å². The number of aromatic nitrogens is 2. The minimum atomic E-state index is -2.94. The Balaban J connectivity index is 1.49. The van der Waals surface area contributed by atoms with Crippen LogP contribution in [0.4, 0.5) is 14.6 Å². The number of rotatable bonds is 4. The van der Waals surface area contributed by atoms with Gasteiger partial charge in [-0.05, 0) is 43.6 Å². The smallest absolute Gasteiger partial charge is 0.315 e. The van der Waals surface area contributed by atoms with Crippen molar-refractivity contribution in [3.63, 3.8) is 0 Å². The second-order valence-corrected chi connectivity index (χ2v) is 8.34. The van der Waals surface area contributed by atoms with E-state index in [1.165, 1.54) is 4.88 Å². The van der Waals surface area contributed by atoms with E-state index in [2.05, 4.69) is 33.2 Å². The summed E-state index contributed by atoms with van der Waals surface area (Å²) in [4.78, 5) is 24.8. The third-order valence-electron chi connectivity index (χ3n) is 5.60. The van der Waals surface area contributed by atoms with Crippen molar-refractivity contribution in [1.82, 2.24) is 15.3 Å². The first-order valence-corrected chi connectivity index (χ1v) is 9.93. The summed E-state index contributed by atoms with van der Waals surface area (Å²) in [7, 11) is 0. The van der Waals surface area contributed by atoms with Gasteiger partial charge in [-0.25, -0.2) is 9.97 Å². The molecule has 1 aliphatic heterocycles. The molecule has 0 bridgehead atoms. The average molecular weight is 380 g/mol. The van der Waals surface area contributed by atoms with Gasteiger partial charge >= 0.3 is 6.43 Å². The van der Waals surface area contributed by atoms with E-state index in [1.807, 2.05) is 0 Å². The number of alkyl halides is 2. The first-order valence-electron chi connectivity index (χ1n) is 9.12. The lowest BCUT2D eigenvalue weighted by molar-refractivity contribution is -0.132. The molecule has 26 heavy (non-hydrogen) atoms. The molecule has 3 atom stereocenters. The van der Waals surface area contributed by atoms with E-state index in [1.54, 1.807) is 17.7 Å². The largest absolute Gasteiger partial charge is 0.355 e. The Morgan fingerprint density at radius 1 is 1.35 bits per heavy atom. The van der Waals surface area contributed by atoms with Gasteiger partial charge in [0.2, 0.25) is 0 Å². The van der Waals surface area contributed by atoms with Crippen molar-refractivity contribution in [3.8, 4) is 0 Å². The van der Waals surface area contributed by atoms with E-state index in [-0.39, 0.29) is 6.04 Å². The summed E-state index contributed by atoms with van der Waals surface area (Å²) in [6, 6.07) is 2.04. The van der Waals surface area contributed by atoms with Crippen LogP contribution in [0.25, 0.3) is 10.2 Å². The van der Waals surface area contributed by atoms with Gasteiger partial charge in [-0.15, -0.1) is 11.3 Å². The van der Waals surface area contributed by atoms with Gasteiger partial charge in [0.15, 0.2) is 0 Å². The highest BCUT2D eigenvalue weighted by Crippen LogP contribution is 2.40. The summed E-state index contributed by atoms with van der Waals surface area (Å²) >= 11 is 1.71. The van der Waals surface area contributed by atoms with Crippen LogP contribution in [0, 0.1) is 11.8 Å². The average Bonchev–Trinajstić information content (AvgIpc) is 3.24. The molecule has 1 saturated carbocycles. The van der Waals surface area contributed by atoms with Crippen molar-refractivity contribution in [2.24, 2.45) is 11.8 Å². The predicted octanol–water partition coefficient (Wildman–Crippen LogP) is 3.24. The van der Waals surface area contributed by atoms with Crippen LogP contribution >= 0.6 is 11.3 Å². The van der Waals surface area contributed by atoms with Crippen molar-refractivity contribution in [1.29, 1.82) is 0 Å². The first-order chi connectivity index (χ1) is 12.5. The Morgan fingerprint density at radius 2 is 2.15 bits per heavy atom. The van der Waals surface area contributed by atoms with Crippen molar-refractivity contribution >= 4 is 33.3 Å². The monoisotopic (exact) mass is 380 g/mol. The molecule has 2 aliphatic rings. The van der Waals surface area contributed by atoms with E-state index < -0.39 is 12.3 Å². The number of amides is 1. The molecule has 0 spiro atoms. The Morgan fingerprint density at radius 3 is 2.92 bits per heavy atom.